The van der Waals surface area contributed by atoms with Crippen molar-refractivity contribution in [1.29, 1.82) is 0 Å². The van der Waals surface area contributed by atoms with E-state index in [1.54, 1.807) is 32.6 Å². The third-order valence-corrected chi connectivity index (χ3v) is 5.55. The van der Waals surface area contributed by atoms with Crippen LogP contribution in [0.5, 0.6) is 0 Å². The van der Waals surface area contributed by atoms with Gasteiger partial charge in [0, 0.05) is 25.3 Å². The van der Waals surface area contributed by atoms with Gasteiger partial charge in [-0.3, -0.25) is 4.79 Å². The first-order valence-electron chi connectivity index (χ1n) is 11.3. The summed E-state index contributed by atoms with van der Waals surface area (Å²) >= 11 is 0. The van der Waals surface area contributed by atoms with Crippen molar-refractivity contribution >= 4 is 17.7 Å². The molecule has 1 fully saturated rings. The van der Waals surface area contributed by atoms with Crippen molar-refractivity contribution in [3.05, 3.63) is 64.7 Å². The first-order valence-corrected chi connectivity index (χ1v) is 11.3. The van der Waals surface area contributed by atoms with Crippen molar-refractivity contribution in [3.8, 4) is 0 Å². The largest absolute Gasteiger partial charge is 0.444 e. The quantitative estimate of drug-likeness (QED) is 0.583. The Morgan fingerprint density at radius 2 is 1.72 bits per heavy atom. The zero-order valence-electron chi connectivity index (χ0n) is 20.4. The smallest absolute Gasteiger partial charge is 0.416 e. The fraction of sp³-hybridized carbons (Fsp3) is 0.440. The number of hydrogen-bond donors (Lipinski definition) is 1. The standard InChI is InChI=1S/C25H28F5N3O3/c1-15-9-18(26)5-6-20(15)33-8-7-32(23(35)36-24(2,3)4)14-21(33)22(34)31-13-16-10-17(25(28,29)30)12-19(27)11-16/h5-6,9-12,21H,7-8,13-14H2,1-4H3,(H,31,34). The number of nitrogens with one attached hydrogen (secondary N) is 1. The summed E-state index contributed by atoms with van der Waals surface area (Å²) in [5.41, 5.74) is -0.847. The second-order valence-corrected chi connectivity index (χ2v) is 9.63. The number of nitrogens with zero attached hydrogens (tertiary/aromatic N) is 2. The molecule has 36 heavy (non-hydrogen) atoms. The van der Waals surface area contributed by atoms with Crippen LogP contribution in [0.3, 0.4) is 0 Å². The highest BCUT2D eigenvalue weighted by Gasteiger charge is 2.37. The Morgan fingerprint density at radius 1 is 1.03 bits per heavy atom. The second kappa shape index (κ2) is 10.3. The predicted molar refractivity (Wildman–Crippen MR) is 123 cm³/mol. The van der Waals surface area contributed by atoms with Crippen molar-refractivity contribution in [3.63, 3.8) is 0 Å². The van der Waals surface area contributed by atoms with E-state index in [9.17, 15) is 31.5 Å². The van der Waals surface area contributed by atoms with Crippen molar-refractivity contribution in [2.45, 2.75) is 52.1 Å². The molecular formula is C25H28F5N3O3. The van der Waals surface area contributed by atoms with Gasteiger partial charge in [-0.25, -0.2) is 13.6 Å². The maximum absolute atomic E-state index is 13.8. The van der Waals surface area contributed by atoms with E-state index in [1.165, 1.54) is 23.1 Å². The van der Waals surface area contributed by atoms with Crippen molar-refractivity contribution in [2.75, 3.05) is 24.5 Å². The number of rotatable bonds is 4. The molecule has 3 rings (SSSR count). The van der Waals surface area contributed by atoms with E-state index in [1.807, 2.05) is 0 Å². The molecule has 0 bridgehead atoms. The van der Waals surface area contributed by atoms with Crippen LogP contribution in [0, 0.1) is 18.6 Å². The highest BCUT2D eigenvalue weighted by Crippen LogP contribution is 2.31. The molecule has 0 spiro atoms. The first kappa shape index (κ1) is 27.2. The van der Waals surface area contributed by atoms with Gasteiger partial charge in [0.2, 0.25) is 5.91 Å². The Kier molecular flexibility index (Phi) is 7.80. The third-order valence-electron chi connectivity index (χ3n) is 5.55. The molecule has 1 heterocycles. The number of amides is 2. The minimum Gasteiger partial charge on any atom is -0.444 e. The summed E-state index contributed by atoms with van der Waals surface area (Å²) in [4.78, 5) is 28.9. The fourth-order valence-electron chi connectivity index (χ4n) is 3.95. The Labute approximate surface area is 206 Å². The number of carbonyl (C=O) groups excluding carboxylic acids is 2. The molecule has 2 aromatic carbocycles. The molecule has 0 aliphatic carbocycles. The number of alkyl halides is 3. The third kappa shape index (κ3) is 6.86. The summed E-state index contributed by atoms with van der Waals surface area (Å²) in [6.07, 6.45) is -5.36. The number of ether oxygens (including phenoxy) is 1. The van der Waals surface area contributed by atoms with Gasteiger partial charge in [-0.1, -0.05) is 0 Å². The van der Waals surface area contributed by atoms with Crippen LogP contribution in [0.1, 0.15) is 37.5 Å². The predicted octanol–water partition coefficient (Wildman–Crippen LogP) is 5.03. The zero-order valence-corrected chi connectivity index (χ0v) is 20.4. The number of benzene rings is 2. The highest BCUT2D eigenvalue weighted by molar-refractivity contribution is 5.87. The van der Waals surface area contributed by atoms with Crippen LogP contribution in [0.25, 0.3) is 0 Å². The van der Waals surface area contributed by atoms with Crippen molar-refractivity contribution in [2.24, 2.45) is 0 Å². The van der Waals surface area contributed by atoms with Gasteiger partial charge in [0.1, 0.15) is 23.3 Å². The number of hydrogen-bond acceptors (Lipinski definition) is 4. The van der Waals surface area contributed by atoms with Crippen LogP contribution in [-0.2, 0) is 22.3 Å². The van der Waals surface area contributed by atoms with E-state index in [0.717, 1.165) is 12.1 Å². The van der Waals surface area contributed by atoms with Gasteiger partial charge in [-0.2, -0.15) is 13.2 Å². The maximum Gasteiger partial charge on any atom is 0.416 e. The molecule has 0 saturated carbocycles. The summed E-state index contributed by atoms with van der Waals surface area (Å²) in [5, 5.41) is 2.55. The number of halogens is 5. The monoisotopic (exact) mass is 513 g/mol. The van der Waals surface area contributed by atoms with E-state index in [0.29, 0.717) is 17.3 Å². The van der Waals surface area contributed by atoms with E-state index in [-0.39, 0.29) is 31.7 Å². The van der Waals surface area contributed by atoms with Gasteiger partial charge in [0.15, 0.2) is 0 Å². The molecule has 0 radical (unpaired) electrons. The Bertz CT molecular complexity index is 1130. The van der Waals surface area contributed by atoms with E-state index in [2.05, 4.69) is 5.32 Å². The second-order valence-electron chi connectivity index (χ2n) is 9.63. The van der Waals surface area contributed by atoms with Gasteiger partial charge >= 0.3 is 12.3 Å². The average molecular weight is 514 g/mol. The highest BCUT2D eigenvalue weighted by atomic mass is 19.4. The normalized spacial score (nSPS) is 16.6. The lowest BCUT2D eigenvalue weighted by Gasteiger charge is -2.42. The summed E-state index contributed by atoms with van der Waals surface area (Å²) in [5.74, 6) is -2.12. The minimum atomic E-state index is -4.74. The lowest BCUT2D eigenvalue weighted by Crippen LogP contribution is -2.60. The Hall–Kier alpha value is -3.37. The molecule has 6 nitrogen and oxygen atoms in total. The molecule has 196 valence electrons. The molecule has 11 heteroatoms. The summed E-state index contributed by atoms with van der Waals surface area (Å²) in [6.45, 7) is 6.83. The molecule has 1 unspecified atom stereocenters. The first-order chi connectivity index (χ1) is 16.6. The van der Waals surface area contributed by atoms with Crippen LogP contribution in [0.4, 0.5) is 32.4 Å². The molecule has 0 aromatic heterocycles. The number of carbonyl (C=O) groups is 2. The summed E-state index contributed by atoms with van der Waals surface area (Å²) in [7, 11) is 0. The molecule has 1 saturated heterocycles. The van der Waals surface area contributed by atoms with Crippen LogP contribution in [0.15, 0.2) is 36.4 Å². The lowest BCUT2D eigenvalue weighted by molar-refractivity contribution is -0.137. The van der Waals surface area contributed by atoms with E-state index < -0.39 is 47.0 Å². The minimum absolute atomic E-state index is 0.0694. The van der Waals surface area contributed by atoms with Crippen LogP contribution in [0.2, 0.25) is 0 Å². The van der Waals surface area contributed by atoms with Crippen molar-refractivity contribution < 1.29 is 36.3 Å². The van der Waals surface area contributed by atoms with Crippen molar-refractivity contribution in [1.82, 2.24) is 10.2 Å². The zero-order chi connectivity index (χ0) is 26.8. The van der Waals surface area contributed by atoms with Crippen LogP contribution < -0.4 is 10.2 Å². The number of aryl methyl sites for hydroxylation is 1. The SMILES string of the molecule is Cc1cc(F)ccc1N1CCN(C(=O)OC(C)(C)C)CC1C(=O)NCc1cc(F)cc(C(F)(F)F)c1. The van der Waals surface area contributed by atoms with Gasteiger partial charge in [-0.05, 0) is 75.2 Å². The molecule has 1 aliphatic heterocycles. The molecule has 1 aliphatic rings. The van der Waals surface area contributed by atoms with Gasteiger partial charge in [0.05, 0.1) is 12.1 Å². The van der Waals surface area contributed by atoms with Gasteiger partial charge < -0.3 is 19.9 Å². The maximum atomic E-state index is 13.8. The van der Waals surface area contributed by atoms with Crippen LogP contribution in [-0.4, -0.2) is 48.2 Å². The Morgan fingerprint density at radius 3 is 2.33 bits per heavy atom. The molecule has 2 aromatic rings. The molecule has 2 amide bonds. The number of piperazine rings is 1. The summed E-state index contributed by atoms with van der Waals surface area (Å²) < 4.78 is 72.0. The topological polar surface area (TPSA) is 61.9 Å². The van der Waals surface area contributed by atoms with E-state index in [4.69, 9.17) is 4.74 Å². The molecule has 1 N–H and O–H groups in total. The van der Waals surface area contributed by atoms with Gasteiger partial charge in [-0.15, -0.1) is 0 Å². The van der Waals surface area contributed by atoms with Crippen LogP contribution >= 0.6 is 0 Å². The average Bonchev–Trinajstić information content (AvgIpc) is 2.75. The Balaban J connectivity index is 1.84. The lowest BCUT2D eigenvalue weighted by atomic mass is 10.1. The molecule has 1 atom stereocenters. The molecular weight excluding hydrogens is 485 g/mol. The fourth-order valence-corrected chi connectivity index (χ4v) is 3.95. The summed E-state index contributed by atoms with van der Waals surface area (Å²) in [6, 6.07) is 5.19. The number of anilines is 1. The van der Waals surface area contributed by atoms with E-state index >= 15 is 0 Å². The van der Waals surface area contributed by atoms with Gasteiger partial charge in [0.25, 0.3) is 0 Å².